The van der Waals surface area contributed by atoms with E-state index < -0.39 is 0 Å². The predicted molar refractivity (Wildman–Crippen MR) is 83.9 cm³/mol. The molecule has 0 radical (unpaired) electrons. The molecule has 3 N–H and O–H groups in total. The fourth-order valence-electron chi connectivity index (χ4n) is 2.21. The van der Waals surface area contributed by atoms with E-state index in [2.05, 4.69) is 17.2 Å². The van der Waals surface area contributed by atoms with E-state index in [-0.39, 0.29) is 5.91 Å². The van der Waals surface area contributed by atoms with Crippen LogP contribution in [0.5, 0.6) is 0 Å². The third-order valence-electron chi connectivity index (χ3n) is 3.49. The Morgan fingerprint density at radius 1 is 1.45 bits per heavy atom. The Morgan fingerprint density at radius 3 is 2.80 bits per heavy atom. The predicted octanol–water partition coefficient (Wildman–Crippen LogP) is 2.24. The fourth-order valence-corrected chi connectivity index (χ4v) is 2.21. The molecule has 0 aliphatic rings. The average Bonchev–Trinajstić information content (AvgIpc) is 2.43. The Bertz CT molecular complexity index is 420. The largest absolute Gasteiger partial charge is 0.376 e. The van der Waals surface area contributed by atoms with E-state index in [0.717, 1.165) is 30.6 Å². The molecule has 1 unspecified atom stereocenters. The molecule has 1 atom stereocenters. The molecule has 0 fully saturated rings. The number of carbonyl (C=O) groups excluding carboxylic acids is 1. The Balaban J connectivity index is 2.54. The molecule has 0 spiro atoms. The molecule has 5 nitrogen and oxygen atoms in total. The van der Waals surface area contributed by atoms with Crippen molar-refractivity contribution in [2.24, 2.45) is 11.7 Å². The summed E-state index contributed by atoms with van der Waals surface area (Å²) < 4.78 is 0. The average molecular weight is 278 g/mol. The van der Waals surface area contributed by atoms with Crippen LogP contribution in [0.15, 0.2) is 18.5 Å². The van der Waals surface area contributed by atoms with E-state index in [1.54, 1.807) is 12.4 Å². The number of pyridine rings is 1. The summed E-state index contributed by atoms with van der Waals surface area (Å²) in [5.74, 6) is 0.574. The van der Waals surface area contributed by atoms with Gasteiger partial charge in [-0.25, -0.2) is 0 Å². The van der Waals surface area contributed by atoms with Gasteiger partial charge in [-0.05, 0) is 31.4 Å². The van der Waals surface area contributed by atoms with Crippen LogP contribution in [0.25, 0.3) is 0 Å². The molecule has 20 heavy (non-hydrogen) atoms. The molecule has 112 valence electrons. The van der Waals surface area contributed by atoms with Crippen molar-refractivity contribution in [3.8, 4) is 0 Å². The van der Waals surface area contributed by atoms with Crippen LogP contribution >= 0.6 is 0 Å². The van der Waals surface area contributed by atoms with Crippen LogP contribution in [-0.4, -0.2) is 31.5 Å². The van der Waals surface area contributed by atoms with Gasteiger partial charge in [0.25, 0.3) is 0 Å². The van der Waals surface area contributed by atoms with Crippen LogP contribution < -0.4 is 16.0 Å². The van der Waals surface area contributed by atoms with Gasteiger partial charge in [-0.15, -0.1) is 0 Å². The standard InChI is InChI=1S/C15H26N4O/c1-4-12(7-9-16)5-6-15(20)18-13-11-17-10-8-14(13)19(2)3/h8,10-12H,4-7,9,16H2,1-3H3,(H,18,20). The molecule has 5 heteroatoms. The van der Waals surface area contributed by atoms with E-state index in [0.29, 0.717) is 18.9 Å². The molecule has 1 heterocycles. The minimum absolute atomic E-state index is 0.0385. The summed E-state index contributed by atoms with van der Waals surface area (Å²) in [5, 5.41) is 2.94. The smallest absolute Gasteiger partial charge is 0.224 e. The quantitative estimate of drug-likeness (QED) is 0.765. The zero-order valence-electron chi connectivity index (χ0n) is 12.7. The van der Waals surface area contributed by atoms with Crippen molar-refractivity contribution in [1.29, 1.82) is 0 Å². The van der Waals surface area contributed by atoms with Crippen molar-refractivity contribution in [3.05, 3.63) is 18.5 Å². The van der Waals surface area contributed by atoms with Crippen molar-refractivity contribution in [1.82, 2.24) is 4.98 Å². The van der Waals surface area contributed by atoms with Crippen molar-refractivity contribution in [3.63, 3.8) is 0 Å². The topological polar surface area (TPSA) is 71.2 Å². The molecule has 0 aliphatic carbocycles. The Labute approximate surface area is 121 Å². The van der Waals surface area contributed by atoms with E-state index in [1.807, 2.05) is 25.1 Å². The molecule has 0 saturated carbocycles. The van der Waals surface area contributed by atoms with E-state index in [4.69, 9.17) is 5.73 Å². The summed E-state index contributed by atoms with van der Waals surface area (Å²) >= 11 is 0. The summed E-state index contributed by atoms with van der Waals surface area (Å²) in [5.41, 5.74) is 7.29. The summed E-state index contributed by atoms with van der Waals surface area (Å²) in [6.07, 6.45) is 6.88. The van der Waals surface area contributed by atoms with Crippen LogP contribution in [0.4, 0.5) is 11.4 Å². The first-order chi connectivity index (χ1) is 9.58. The molecule has 0 saturated heterocycles. The number of nitrogens with one attached hydrogen (secondary N) is 1. The molecule has 1 aromatic rings. The number of hydrogen-bond acceptors (Lipinski definition) is 4. The first-order valence-electron chi connectivity index (χ1n) is 7.19. The van der Waals surface area contributed by atoms with Crippen molar-refractivity contribution in [2.45, 2.75) is 32.6 Å². The Hall–Kier alpha value is -1.62. The maximum atomic E-state index is 12.0. The summed E-state index contributed by atoms with van der Waals surface area (Å²) in [4.78, 5) is 18.0. The number of hydrogen-bond donors (Lipinski definition) is 2. The van der Waals surface area contributed by atoms with Crippen LogP contribution in [0, 0.1) is 5.92 Å². The highest BCUT2D eigenvalue weighted by atomic mass is 16.1. The molecule has 1 rings (SSSR count). The maximum absolute atomic E-state index is 12.0. The third-order valence-corrected chi connectivity index (χ3v) is 3.49. The highest BCUT2D eigenvalue weighted by molar-refractivity contribution is 5.93. The van der Waals surface area contributed by atoms with Crippen LogP contribution in [0.1, 0.15) is 32.6 Å². The summed E-state index contributed by atoms with van der Waals surface area (Å²) in [6.45, 7) is 2.83. The first-order valence-corrected chi connectivity index (χ1v) is 7.19. The number of nitrogens with zero attached hydrogens (tertiary/aromatic N) is 2. The number of nitrogens with two attached hydrogens (primary N) is 1. The number of anilines is 2. The monoisotopic (exact) mass is 278 g/mol. The number of carbonyl (C=O) groups is 1. The van der Waals surface area contributed by atoms with E-state index in [1.165, 1.54) is 0 Å². The highest BCUT2D eigenvalue weighted by Gasteiger charge is 2.11. The van der Waals surface area contributed by atoms with Gasteiger partial charge in [-0.1, -0.05) is 13.3 Å². The van der Waals surface area contributed by atoms with Crippen LogP contribution in [0.3, 0.4) is 0 Å². The summed E-state index contributed by atoms with van der Waals surface area (Å²) in [7, 11) is 3.89. The number of amides is 1. The molecular weight excluding hydrogens is 252 g/mol. The van der Waals surface area contributed by atoms with Crippen molar-refractivity contribution in [2.75, 3.05) is 30.9 Å². The lowest BCUT2D eigenvalue weighted by Crippen LogP contribution is -2.18. The zero-order valence-corrected chi connectivity index (χ0v) is 12.7. The van der Waals surface area contributed by atoms with E-state index >= 15 is 0 Å². The Kier molecular flexibility index (Phi) is 7.01. The van der Waals surface area contributed by atoms with Crippen LogP contribution in [0.2, 0.25) is 0 Å². The molecule has 1 amide bonds. The molecule has 0 aliphatic heterocycles. The second kappa shape index (κ2) is 8.53. The lowest BCUT2D eigenvalue weighted by molar-refractivity contribution is -0.116. The van der Waals surface area contributed by atoms with Gasteiger partial charge >= 0.3 is 0 Å². The number of rotatable bonds is 8. The molecule has 0 aromatic carbocycles. The fraction of sp³-hybridized carbons (Fsp3) is 0.600. The second-order valence-corrected chi connectivity index (χ2v) is 5.23. The normalized spacial score (nSPS) is 12.0. The van der Waals surface area contributed by atoms with Crippen molar-refractivity contribution < 1.29 is 4.79 Å². The van der Waals surface area contributed by atoms with E-state index in [9.17, 15) is 4.79 Å². The highest BCUT2D eigenvalue weighted by Crippen LogP contribution is 2.23. The Morgan fingerprint density at radius 2 is 2.20 bits per heavy atom. The van der Waals surface area contributed by atoms with Gasteiger partial charge in [0.1, 0.15) is 0 Å². The van der Waals surface area contributed by atoms with Crippen LogP contribution in [-0.2, 0) is 4.79 Å². The third kappa shape index (κ3) is 5.17. The van der Waals surface area contributed by atoms with Crippen molar-refractivity contribution >= 4 is 17.3 Å². The van der Waals surface area contributed by atoms with Gasteiger partial charge in [-0.2, -0.15) is 0 Å². The maximum Gasteiger partial charge on any atom is 0.224 e. The molecule has 1 aromatic heterocycles. The SMILES string of the molecule is CCC(CCN)CCC(=O)Nc1cnccc1N(C)C. The van der Waals surface area contributed by atoms with Gasteiger partial charge < -0.3 is 16.0 Å². The van der Waals surface area contributed by atoms with Gasteiger partial charge in [-0.3, -0.25) is 9.78 Å². The lowest BCUT2D eigenvalue weighted by Gasteiger charge is -2.18. The van der Waals surface area contributed by atoms with Gasteiger partial charge in [0, 0.05) is 26.7 Å². The van der Waals surface area contributed by atoms with Gasteiger partial charge in [0.15, 0.2) is 0 Å². The lowest BCUT2D eigenvalue weighted by atomic mass is 9.96. The second-order valence-electron chi connectivity index (χ2n) is 5.23. The van der Waals surface area contributed by atoms with Gasteiger partial charge in [0.05, 0.1) is 17.6 Å². The zero-order chi connectivity index (χ0) is 15.0. The minimum Gasteiger partial charge on any atom is -0.376 e. The minimum atomic E-state index is 0.0385. The molecule has 0 bridgehead atoms. The summed E-state index contributed by atoms with van der Waals surface area (Å²) in [6, 6.07) is 1.89. The van der Waals surface area contributed by atoms with Gasteiger partial charge in [0.2, 0.25) is 5.91 Å². The molecular formula is C15H26N4O. The first kappa shape index (κ1) is 16.4. The number of aromatic nitrogens is 1.